The van der Waals surface area contributed by atoms with Crippen LogP contribution >= 0.6 is 31.9 Å². The summed E-state index contributed by atoms with van der Waals surface area (Å²) in [7, 11) is -3.45. The monoisotopic (exact) mass is 1120 g/mol. The molecule has 376 valence electrons. The van der Waals surface area contributed by atoms with Crippen molar-refractivity contribution in [1.82, 2.24) is 38.4 Å². The van der Waals surface area contributed by atoms with Gasteiger partial charge in [-0.1, -0.05) is 144 Å². The summed E-state index contributed by atoms with van der Waals surface area (Å²) < 4.78 is 7.21. The molecule has 0 radical (unpaired) electrons. The van der Waals surface area contributed by atoms with E-state index in [-0.39, 0.29) is 0 Å². The van der Waals surface area contributed by atoms with Gasteiger partial charge in [-0.05, 0) is 161 Å². The predicted molar refractivity (Wildman–Crippen MR) is 318 cm³/mol. The molecule has 0 aliphatic heterocycles. The Morgan fingerprint density at radius 1 is 0.403 bits per heavy atom. The molecular formula is C60H74Br2N8Si2. The van der Waals surface area contributed by atoms with Gasteiger partial charge in [-0.15, -0.1) is 0 Å². The van der Waals surface area contributed by atoms with Gasteiger partial charge in [-0.25, -0.2) is 19.9 Å². The van der Waals surface area contributed by atoms with Crippen LogP contribution in [0.1, 0.15) is 105 Å². The molecule has 0 saturated carbocycles. The van der Waals surface area contributed by atoms with Gasteiger partial charge in [0.15, 0.2) is 16.5 Å². The predicted octanol–water partition coefficient (Wildman–Crippen LogP) is 18.0. The number of aromatic nitrogens is 8. The normalized spacial score (nSPS) is 12.1. The van der Waals surface area contributed by atoms with Crippen LogP contribution in [0, 0.1) is 0 Å². The summed E-state index contributed by atoms with van der Waals surface area (Å²) in [5, 5.41) is 4.82. The van der Waals surface area contributed by atoms with Crippen molar-refractivity contribution in [2.75, 3.05) is 0 Å². The van der Waals surface area contributed by atoms with Crippen LogP contribution in [0.15, 0.2) is 168 Å². The quantitative estimate of drug-likeness (QED) is 0.119. The largest absolute Gasteiger partial charge is 0.359 e. The van der Waals surface area contributed by atoms with Gasteiger partial charge in [0.1, 0.15) is 22.6 Å². The number of nitrogens with zero attached hydrogens (tertiary/aromatic N) is 6. The van der Waals surface area contributed by atoms with Crippen LogP contribution in [0.25, 0.3) is 44.1 Å². The fraction of sp³-hybridized carbons (Fsp3) is 0.333. The maximum atomic E-state index is 4.95. The van der Waals surface area contributed by atoms with E-state index < -0.39 is 16.5 Å². The minimum absolute atomic E-state index is 0.670. The lowest BCUT2D eigenvalue weighted by Gasteiger charge is -2.44. The molecular weight excluding hydrogens is 1050 g/mol. The van der Waals surface area contributed by atoms with E-state index in [0.717, 1.165) is 44.1 Å². The lowest BCUT2D eigenvalue weighted by molar-refractivity contribution is 0.770. The zero-order valence-electron chi connectivity index (χ0n) is 44.3. The first-order valence-electron chi connectivity index (χ1n) is 25.6. The van der Waals surface area contributed by atoms with E-state index in [4.69, 9.17) is 9.97 Å². The Balaban J connectivity index is 0.000000147. The second kappa shape index (κ2) is 24.1. The minimum atomic E-state index is -1.75. The first kappa shape index (κ1) is 54.4. The zero-order valence-corrected chi connectivity index (χ0v) is 49.5. The van der Waals surface area contributed by atoms with Gasteiger partial charge >= 0.3 is 0 Å². The van der Waals surface area contributed by atoms with Crippen molar-refractivity contribution in [3.63, 3.8) is 0 Å². The van der Waals surface area contributed by atoms with E-state index in [1.807, 2.05) is 43.0 Å². The molecule has 2 aromatic carbocycles. The SMILES string of the molecule is Brc1cnc2[nH]ccc2c1.CC(C)[Si](C(C)C)(C(C)C)n1ccc2cc(Br)cnc21.CC(C)[Si](C(C)C)(C(C)C)n1ccc2cc(Cc3ccccc3)cnc21.c1ccc(Cc2cnc3[nH]ccc3c2)cc1. The molecule has 0 aliphatic rings. The van der Waals surface area contributed by atoms with Gasteiger partial charge in [-0.2, -0.15) is 0 Å². The third-order valence-electron chi connectivity index (χ3n) is 14.8. The molecule has 0 amide bonds. The Labute approximate surface area is 447 Å². The number of nitrogens with one attached hydrogen (secondary N) is 2. The first-order chi connectivity index (χ1) is 34.5. The molecule has 10 rings (SSSR count). The second-order valence-electron chi connectivity index (χ2n) is 21.0. The fourth-order valence-electron chi connectivity index (χ4n) is 12.1. The van der Waals surface area contributed by atoms with E-state index in [1.165, 1.54) is 44.1 Å². The zero-order chi connectivity index (χ0) is 51.7. The van der Waals surface area contributed by atoms with Crippen LogP contribution in [-0.4, -0.2) is 54.8 Å². The van der Waals surface area contributed by atoms with Gasteiger partial charge in [0.2, 0.25) is 0 Å². The van der Waals surface area contributed by atoms with Crippen LogP contribution < -0.4 is 0 Å². The number of rotatable bonds is 12. The summed E-state index contributed by atoms with van der Waals surface area (Å²) in [4.78, 5) is 24.3. The van der Waals surface area contributed by atoms with Crippen LogP contribution in [0.3, 0.4) is 0 Å². The number of fused-ring (bicyclic) bond motifs is 4. The molecule has 10 aromatic rings. The third-order valence-corrected chi connectivity index (χ3v) is 29.1. The molecule has 2 N–H and O–H groups in total. The van der Waals surface area contributed by atoms with Gasteiger partial charge < -0.3 is 18.4 Å². The van der Waals surface area contributed by atoms with Crippen molar-refractivity contribution in [2.45, 2.75) is 129 Å². The Morgan fingerprint density at radius 2 is 0.750 bits per heavy atom. The Kier molecular flexibility index (Phi) is 18.2. The third kappa shape index (κ3) is 11.8. The maximum absolute atomic E-state index is 4.95. The molecule has 8 heterocycles. The highest BCUT2D eigenvalue weighted by Crippen LogP contribution is 2.45. The molecule has 12 heteroatoms. The number of hydrogen-bond donors (Lipinski definition) is 2. The van der Waals surface area contributed by atoms with Crippen LogP contribution in [-0.2, 0) is 12.8 Å². The van der Waals surface area contributed by atoms with Crippen molar-refractivity contribution in [3.05, 3.63) is 190 Å². The van der Waals surface area contributed by atoms with E-state index in [9.17, 15) is 0 Å². The number of aromatic amines is 2. The van der Waals surface area contributed by atoms with Gasteiger partial charge in [0.25, 0.3) is 0 Å². The molecule has 0 fully saturated rings. The molecule has 8 aromatic heterocycles. The van der Waals surface area contributed by atoms with E-state index >= 15 is 0 Å². The summed E-state index contributed by atoms with van der Waals surface area (Å²) in [5.74, 6) is 0. The van der Waals surface area contributed by atoms with Crippen molar-refractivity contribution in [2.24, 2.45) is 0 Å². The summed E-state index contributed by atoms with van der Waals surface area (Å²) >= 11 is 6.86. The molecule has 0 unspecified atom stereocenters. The average molecular weight is 1120 g/mol. The van der Waals surface area contributed by atoms with Crippen LogP contribution in [0.2, 0.25) is 33.2 Å². The fourth-order valence-corrected chi connectivity index (χ4v) is 25.9. The summed E-state index contributed by atoms with van der Waals surface area (Å²) in [6, 6.07) is 38.3. The standard InChI is InChI=1S/C23H32N2Si.C16H25BrN2Si.C14H12N2.C7H5BrN2/c1-17(2)26(18(3)4,19(5)6)25-13-12-22-15-21(16-24-23(22)25)14-20-10-8-7-9-11-20;1-11(2)20(12(3)4,13(5)6)19-8-7-14-9-15(17)10-18-16(14)19;1-2-4-11(5-3-1)8-12-9-13-6-7-15-14(13)16-10-12;8-6-3-5-1-2-9-7(5)10-4-6/h7-13,15-19H,14H2,1-6H3;7-13H,1-6H3;1-7,9-10H,8H2,(H,15,16);1-4H,(H,9,10). The van der Waals surface area contributed by atoms with Crippen molar-refractivity contribution < 1.29 is 0 Å². The number of benzene rings is 2. The van der Waals surface area contributed by atoms with Crippen LogP contribution in [0.5, 0.6) is 0 Å². The smallest absolute Gasteiger partial charge is 0.171 e. The lowest BCUT2D eigenvalue weighted by atomic mass is 10.1. The van der Waals surface area contributed by atoms with Gasteiger partial charge in [0, 0.05) is 67.7 Å². The highest BCUT2D eigenvalue weighted by atomic mass is 79.9. The highest BCUT2D eigenvalue weighted by molar-refractivity contribution is 9.10. The maximum Gasteiger partial charge on any atom is 0.171 e. The molecule has 0 atom stereocenters. The summed E-state index contributed by atoms with van der Waals surface area (Å²) in [6.45, 7) is 28.7. The van der Waals surface area contributed by atoms with E-state index in [0.29, 0.717) is 33.2 Å². The number of pyridine rings is 4. The molecule has 0 saturated heterocycles. The first-order valence-corrected chi connectivity index (χ1v) is 31.6. The second-order valence-corrected chi connectivity index (χ2v) is 34.3. The van der Waals surface area contributed by atoms with Gasteiger partial charge in [0.05, 0.1) is 0 Å². The Morgan fingerprint density at radius 3 is 1.19 bits per heavy atom. The molecule has 72 heavy (non-hydrogen) atoms. The van der Waals surface area contributed by atoms with Crippen molar-refractivity contribution in [1.29, 1.82) is 0 Å². The molecule has 8 nitrogen and oxygen atoms in total. The van der Waals surface area contributed by atoms with E-state index in [1.54, 1.807) is 6.20 Å². The van der Waals surface area contributed by atoms with Crippen LogP contribution in [0.4, 0.5) is 0 Å². The summed E-state index contributed by atoms with van der Waals surface area (Å²) in [6.07, 6.45) is 18.0. The van der Waals surface area contributed by atoms with Crippen molar-refractivity contribution >= 4 is 92.5 Å². The Hall–Kier alpha value is -5.41. The van der Waals surface area contributed by atoms with Crippen molar-refractivity contribution in [3.8, 4) is 0 Å². The molecule has 0 spiro atoms. The number of hydrogen-bond acceptors (Lipinski definition) is 4. The molecule has 0 bridgehead atoms. The van der Waals surface area contributed by atoms with E-state index in [2.05, 4.69) is 253 Å². The average Bonchev–Trinajstić information content (AvgIpc) is 4.18. The Bertz CT molecular complexity index is 3230. The minimum Gasteiger partial charge on any atom is -0.359 e. The highest BCUT2D eigenvalue weighted by Gasteiger charge is 2.47. The molecule has 0 aliphatic carbocycles. The topological polar surface area (TPSA) is 93.0 Å². The number of halogens is 2. The summed E-state index contributed by atoms with van der Waals surface area (Å²) in [5.41, 5.74) is 13.5. The van der Waals surface area contributed by atoms with Gasteiger partial charge in [-0.3, -0.25) is 0 Å². The lowest BCUT2D eigenvalue weighted by Crippen LogP contribution is -2.51. The number of H-pyrrole nitrogens is 2.